The Morgan fingerprint density at radius 3 is 2.45 bits per heavy atom. The van der Waals surface area contributed by atoms with Crippen molar-refractivity contribution in [3.63, 3.8) is 0 Å². The topological polar surface area (TPSA) is 44.8 Å². The van der Waals surface area contributed by atoms with E-state index in [0.29, 0.717) is 13.0 Å². The minimum Gasteiger partial charge on any atom is -0.497 e. The highest BCUT2D eigenvalue weighted by atomic mass is 16.5. The van der Waals surface area contributed by atoms with Crippen LogP contribution in [0.1, 0.15) is 37.7 Å². The molecule has 4 heteroatoms. The number of benzene rings is 1. The number of hydrogen-bond acceptors (Lipinski definition) is 4. The Labute approximate surface area is 133 Å². The largest absolute Gasteiger partial charge is 0.497 e. The Morgan fingerprint density at radius 2 is 1.77 bits per heavy atom. The average molecular weight is 306 g/mol. The number of rotatable bonds is 11. The van der Waals surface area contributed by atoms with Crippen molar-refractivity contribution in [3.05, 3.63) is 42.0 Å². The van der Waals surface area contributed by atoms with Gasteiger partial charge in [0, 0.05) is 13.0 Å². The van der Waals surface area contributed by atoms with Crippen LogP contribution in [0.5, 0.6) is 5.75 Å². The maximum Gasteiger partial charge on any atom is 0.305 e. The minimum atomic E-state index is -0.156. The van der Waals surface area contributed by atoms with Crippen molar-refractivity contribution < 1.29 is 19.0 Å². The maximum absolute atomic E-state index is 10.9. The van der Waals surface area contributed by atoms with Crippen LogP contribution in [0.2, 0.25) is 0 Å². The van der Waals surface area contributed by atoms with Gasteiger partial charge in [-0.1, -0.05) is 24.3 Å². The van der Waals surface area contributed by atoms with Gasteiger partial charge in [-0.25, -0.2) is 0 Å². The molecule has 22 heavy (non-hydrogen) atoms. The SMILES string of the molecule is COC(=O)CC/C=C/CCCCOCc1ccc(OC)cc1. The van der Waals surface area contributed by atoms with Crippen molar-refractivity contribution in [2.24, 2.45) is 0 Å². The van der Waals surface area contributed by atoms with Crippen molar-refractivity contribution >= 4 is 5.97 Å². The summed E-state index contributed by atoms with van der Waals surface area (Å²) in [6, 6.07) is 7.92. The number of methoxy groups -OCH3 is 2. The minimum absolute atomic E-state index is 0.156. The van der Waals surface area contributed by atoms with Crippen LogP contribution in [0.25, 0.3) is 0 Å². The van der Waals surface area contributed by atoms with Crippen LogP contribution >= 0.6 is 0 Å². The number of hydrogen-bond donors (Lipinski definition) is 0. The Hall–Kier alpha value is -1.81. The van der Waals surface area contributed by atoms with Gasteiger partial charge >= 0.3 is 5.97 Å². The number of unbranched alkanes of at least 4 members (excludes halogenated alkanes) is 2. The van der Waals surface area contributed by atoms with E-state index >= 15 is 0 Å². The third kappa shape index (κ3) is 8.47. The van der Waals surface area contributed by atoms with Gasteiger partial charge in [0.05, 0.1) is 20.8 Å². The summed E-state index contributed by atoms with van der Waals surface area (Å²) >= 11 is 0. The molecule has 0 N–H and O–H groups in total. The molecule has 0 unspecified atom stereocenters. The molecule has 0 saturated carbocycles. The van der Waals surface area contributed by atoms with Gasteiger partial charge in [-0.2, -0.15) is 0 Å². The average Bonchev–Trinajstić information content (AvgIpc) is 2.56. The highest BCUT2D eigenvalue weighted by Crippen LogP contribution is 2.12. The van der Waals surface area contributed by atoms with Gasteiger partial charge in [0.1, 0.15) is 5.75 Å². The van der Waals surface area contributed by atoms with Gasteiger partial charge in [0.25, 0.3) is 0 Å². The third-order valence-electron chi connectivity index (χ3n) is 3.25. The Kier molecular flexibility index (Phi) is 9.79. The van der Waals surface area contributed by atoms with E-state index in [0.717, 1.165) is 43.6 Å². The smallest absolute Gasteiger partial charge is 0.305 e. The highest BCUT2D eigenvalue weighted by molar-refractivity contribution is 5.69. The zero-order valence-electron chi connectivity index (χ0n) is 13.5. The molecular formula is C18H26O4. The third-order valence-corrected chi connectivity index (χ3v) is 3.25. The molecule has 0 aliphatic heterocycles. The van der Waals surface area contributed by atoms with Gasteiger partial charge in [0.2, 0.25) is 0 Å². The fourth-order valence-corrected chi connectivity index (χ4v) is 1.92. The molecule has 0 aliphatic rings. The summed E-state index contributed by atoms with van der Waals surface area (Å²) in [5.74, 6) is 0.708. The van der Waals surface area contributed by atoms with Crippen LogP contribution in [0.15, 0.2) is 36.4 Å². The molecule has 0 heterocycles. The second-order valence-electron chi connectivity index (χ2n) is 4.98. The first-order valence-electron chi connectivity index (χ1n) is 7.68. The van der Waals surface area contributed by atoms with Crippen LogP contribution in [0.3, 0.4) is 0 Å². The lowest BCUT2D eigenvalue weighted by molar-refractivity contribution is -0.140. The fourth-order valence-electron chi connectivity index (χ4n) is 1.92. The molecule has 0 aromatic heterocycles. The second-order valence-corrected chi connectivity index (χ2v) is 4.98. The van der Waals surface area contributed by atoms with Gasteiger partial charge in [-0.15, -0.1) is 0 Å². The lowest BCUT2D eigenvalue weighted by Gasteiger charge is -2.05. The number of ether oxygens (including phenoxy) is 3. The van der Waals surface area contributed by atoms with E-state index in [4.69, 9.17) is 9.47 Å². The second kappa shape index (κ2) is 11.8. The van der Waals surface area contributed by atoms with E-state index in [1.807, 2.05) is 30.3 Å². The quantitative estimate of drug-likeness (QED) is 0.353. The first-order valence-corrected chi connectivity index (χ1v) is 7.68. The molecule has 0 fully saturated rings. The van der Waals surface area contributed by atoms with E-state index in [1.54, 1.807) is 7.11 Å². The summed E-state index contributed by atoms with van der Waals surface area (Å²) in [5, 5.41) is 0. The monoisotopic (exact) mass is 306 g/mol. The number of carbonyl (C=O) groups is 1. The molecule has 1 rings (SSSR count). The maximum atomic E-state index is 10.9. The Bertz CT molecular complexity index is 437. The van der Waals surface area contributed by atoms with Gasteiger partial charge in [-0.05, 0) is 43.4 Å². The Balaban J connectivity index is 1.97. The molecular weight excluding hydrogens is 280 g/mol. The van der Waals surface area contributed by atoms with E-state index in [-0.39, 0.29) is 5.97 Å². The van der Waals surface area contributed by atoms with Crippen LogP contribution in [-0.4, -0.2) is 26.8 Å². The van der Waals surface area contributed by atoms with Crippen LogP contribution in [-0.2, 0) is 20.9 Å². The molecule has 1 aromatic carbocycles. The molecule has 0 saturated heterocycles. The molecule has 0 bridgehead atoms. The van der Waals surface area contributed by atoms with E-state index in [1.165, 1.54) is 7.11 Å². The van der Waals surface area contributed by atoms with E-state index < -0.39 is 0 Å². The van der Waals surface area contributed by atoms with Gasteiger partial charge in [0.15, 0.2) is 0 Å². The summed E-state index contributed by atoms with van der Waals surface area (Å²) in [7, 11) is 3.08. The number of carbonyl (C=O) groups excluding carboxylic acids is 1. The van der Waals surface area contributed by atoms with E-state index in [2.05, 4.69) is 10.8 Å². The summed E-state index contributed by atoms with van der Waals surface area (Å²) in [6.45, 7) is 1.40. The van der Waals surface area contributed by atoms with Crippen molar-refractivity contribution in [3.8, 4) is 5.75 Å². The van der Waals surface area contributed by atoms with Crippen LogP contribution < -0.4 is 4.74 Å². The summed E-state index contributed by atoms with van der Waals surface area (Å²) in [6.07, 6.45) is 8.52. The summed E-state index contributed by atoms with van der Waals surface area (Å²) in [5.41, 5.74) is 1.16. The fraction of sp³-hybridized carbons (Fsp3) is 0.500. The first kappa shape index (κ1) is 18.2. The van der Waals surface area contributed by atoms with Crippen LogP contribution in [0, 0.1) is 0 Å². The van der Waals surface area contributed by atoms with Crippen LogP contribution in [0.4, 0.5) is 0 Å². The standard InChI is InChI=1S/C18H26O4/c1-20-17-12-10-16(11-13-17)15-22-14-8-6-4-3-5-7-9-18(19)21-2/h3,5,10-13H,4,6-9,14-15H2,1-2H3/b5-3+. The lowest BCUT2D eigenvalue weighted by atomic mass is 10.2. The number of allylic oxidation sites excluding steroid dienone is 2. The highest BCUT2D eigenvalue weighted by Gasteiger charge is 1.96. The van der Waals surface area contributed by atoms with Crippen molar-refractivity contribution in [2.75, 3.05) is 20.8 Å². The zero-order chi connectivity index (χ0) is 16.0. The molecule has 4 nitrogen and oxygen atoms in total. The molecule has 0 radical (unpaired) electrons. The molecule has 0 atom stereocenters. The number of esters is 1. The molecule has 0 amide bonds. The summed E-state index contributed by atoms with van der Waals surface area (Å²) in [4.78, 5) is 10.9. The van der Waals surface area contributed by atoms with Crippen molar-refractivity contribution in [2.45, 2.75) is 38.7 Å². The van der Waals surface area contributed by atoms with Crippen molar-refractivity contribution in [1.82, 2.24) is 0 Å². The predicted molar refractivity (Wildman–Crippen MR) is 86.9 cm³/mol. The van der Waals surface area contributed by atoms with E-state index in [9.17, 15) is 4.79 Å². The Morgan fingerprint density at radius 1 is 1.05 bits per heavy atom. The first-order chi connectivity index (χ1) is 10.8. The van der Waals surface area contributed by atoms with Crippen molar-refractivity contribution in [1.29, 1.82) is 0 Å². The molecule has 0 spiro atoms. The predicted octanol–water partition coefficient (Wildman–Crippen LogP) is 3.89. The summed E-state index contributed by atoms with van der Waals surface area (Å²) < 4.78 is 15.3. The molecule has 0 aliphatic carbocycles. The van der Waals surface area contributed by atoms with Gasteiger partial charge in [-0.3, -0.25) is 4.79 Å². The zero-order valence-corrected chi connectivity index (χ0v) is 13.5. The molecule has 1 aromatic rings. The van der Waals surface area contributed by atoms with Gasteiger partial charge < -0.3 is 14.2 Å². The molecule has 122 valence electrons. The lowest BCUT2D eigenvalue weighted by Crippen LogP contribution is -1.98. The normalized spacial score (nSPS) is 10.8.